The summed E-state index contributed by atoms with van der Waals surface area (Å²) in [6.45, 7) is 3.85. The van der Waals surface area contributed by atoms with Crippen molar-refractivity contribution in [1.82, 2.24) is 10.2 Å². The van der Waals surface area contributed by atoms with Gasteiger partial charge >= 0.3 is 0 Å². The van der Waals surface area contributed by atoms with Gasteiger partial charge in [-0.2, -0.15) is 0 Å². The van der Waals surface area contributed by atoms with Crippen LogP contribution in [0.4, 0.5) is 10.1 Å². The number of fused-ring (bicyclic) bond motifs is 1. The molecule has 1 fully saturated rings. The van der Waals surface area contributed by atoms with E-state index in [0.29, 0.717) is 18.5 Å². The van der Waals surface area contributed by atoms with E-state index >= 15 is 0 Å². The SMILES string of the molecule is O=C(CC1CNc2cccc(F)c21)N1CCNCC1. The predicted molar refractivity (Wildman–Crippen MR) is 71.7 cm³/mol. The van der Waals surface area contributed by atoms with Gasteiger partial charge in [-0.25, -0.2) is 4.39 Å². The summed E-state index contributed by atoms with van der Waals surface area (Å²) in [4.78, 5) is 14.1. The van der Waals surface area contributed by atoms with Crippen LogP contribution in [-0.4, -0.2) is 43.5 Å². The van der Waals surface area contributed by atoms with Crippen molar-refractivity contribution in [3.8, 4) is 0 Å². The van der Waals surface area contributed by atoms with E-state index in [0.717, 1.165) is 31.9 Å². The number of piperazine rings is 1. The van der Waals surface area contributed by atoms with E-state index in [4.69, 9.17) is 0 Å². The number of anilines is 1. The maximum Gasteiger partial charge on any atom is 0.223 e. The highest BCUT2D eigenvalue weighted by atomic mass is 19.1. The lowest BCUT2D eigenvalue weighted by molar-refractivity contribution is -0.132. The summed E-state index contributed by atoms with van der Waals surface area (Å²) in [5.41, 5.74) is 1.50. The number of halogens is 1. The fourth-order valence-corrected chi connectivity index (χ4v) is 2.87. The molecule has 0 aromatic heterocycles. The molecule has 2 N–H and O–H groups in total. The number of amides is 1. The molecule has 1 amide bonds. The number of carbonyl (C=O) groups excluding carboxylic acids is 1. The van der Waals surface area contributed by atoms with Crippen LogP contribution in [0, 0.1) is 5.82 Å². The minimum absolute atomic E-state index is 0.0430. The molecule has 2 heterocycles. The Bertz CT molecular complexity index is 486. The molecular weight excluding hydrogens is 245 g/mol. The van der Waals surface area contributed by atoms with Crippen LogP contribution in [0.25, 0.3) is 0 Å². The van der Waals surface area contributed by atoms with E-state index in [-0.39, 0.29) is 17.6 Å². The molecule has 0 spiro atoms. The zero-order chi connectivity index (χ0) is 13.2. The van der Waals surface area contributed by atoms with Gasteiger partial charge in [0.25, 0.3) is 0 Å². The Labute approximate surface area is 112 Å². The largest absolute Gasteiger partial charge is 0.384 e. The lowest BCUT2D eigenvalue weighted by Gasteiger charge is -2.28. The predicted octanol–water partition coefficient (Wildman–Crippen LogP) is 1.16. The minimum atomic E-state index is -0.208. The van der Waals surface area contributed by atoms with Crippen molar-refractivity contribution in [1.29, 1.82) is 0 Å². The molecule has 0 aliphatic carbocycles. The summed E-state index contributed by atoms with van der Waals surface area (Å²) < 4.78 is 13.9. The molecule has 0 saturated carbocycles. The molecule has 2 aliphatic heterocycles. The number of carbonyl (C=O) groups is 1. The van der Waals surface area contributed by atoms with Gasteiger partial charge in [0, 0.05) is 56.3 Å². The van der Waals surface area contributed by atoms with E-state index in [2.05, 4.69) is 10.6 Å². The Balaban J connectivity index is 1.70. The quantitative estimate of drug-likeness (QED) is 0.841. The smallest absolute Gasteiger partial charge is 0.223 e. The standard InChI is InChI=1S/C14H18FN3O/c15-11-2-1-3-12-14(11)10(9-17-12)8-13(19)18-6-4-16-5-7-18/h1-3,10,16-17H,4-9H2. The van der Waals surface area contributed by atoms with Crippen molar-refractivity contribution < 1.29 is 9.18 Å². The number of rotatable bonds is 2. The number of hydrogen-bond acceptors (Lipinski definition) is 3. The van der Waals surface area contributed by atoms with Gasteiger partial charge in [-0.15, -0.1) is 0 Å². The van der Waals surface area contributed by atoms with Crippen molar-refractivity contribution in [3.63, 3.8) is 0 Å². The third kappa shape index (κ3) is 2.42. The van der Waals surface area contributed by atoms with Crippen molar-refractivity contribution in [3.05, 3.63) is 29.6 Å². The van der Waals surface area contributed by atoms with Crippen LogP contribution in [-0.2, 0) is 4.79 Å². The van der Waals surface area contributed by atoms with Gasteiger partial charge < -0.3 is 15.5 Å². The summed E-state index contributed by atoms with van der Waals surface area (Å²) in [5, 5.41) is 6.40. The summed E-state index contributed by atoms with van der Waals surface area (Å²) in [6.07, 6.45) is 0.390. The fourth-order valence-electron chi connectivity index (χ4n) is 2.87. The second kappa shape index (κ2) is 5.17. The molecular formula is C14H18FN3O. The molecule has 3 rings (SSSR count). The Morgan fingerprint density at radius 3 is 2.95 bits per heavy atom. The first-order chi connectivity index (χ1) is 9.25. The summed E-state index contributed by atoms with van der Waals surface area (Å²) in [6, 6.07) is 5.03. The highest BCUT2D eigenvalue weighted by Gasteiger charge is 2.29. The number of hydrogen-bond donors (Lipinski definition) is 2. The molecule has 1 saturated heterocycles. The van der Waals surface area contributed by atoms with Crippen molar-refractivity contribution in [2.24, 2.45) is 0 Å². The molecule has 1 atom stereocenters. The molecule has 1 aromatic carbocycles. The van der Waals surface area contributed by atoms with Crippen molar-refractivity contribution in [2.45, 2.75) is 12.3 Å². The first kappa shape index (κ1) is 12.4. The Kier molecular flexibility index (Phi) is 3.38. The van der Waals surface area contributed by atoms with Gasteiger partial charge in [0.15, 0.2) is 0 Å². The molecule has 0 bridgehead atoms. The minimum Gasteiger partial charge on any atom is -0.384 e. The third-order valence-corrected chi connectivity index (χ3v) is 3.89. The summed E-state index contributed by atoms with van der Waals surface area (Å²) in [7, 11) is 0. The van der Waals surface area contributed by atoms with E-state index in [1.165, 1.54) is 6.07 Å². The number of benzene rings is 1. The van der Waals surface area contributed by atoms with Crippen LogP contribution in [0.5, 0.6) is 0 Å². The average molecular weight is 263 g/mol. The first-order valence-corrected chi connectivity index (χ1v) is 6.76. The van der Waals surface area contributed by atoms with Gasteiger partial charge in [0.1, 0.15) is 5.82 Å². The van der Waals surface area contributed by atoms with Crippen LogP contribution in [0.15, 0.2) is 18.2 Å². The van der Waals surface area contributed by atoms with Gasteiger partial charge in [-0.3, -0.25) is 4.79 Å². The molecule has 5 heteroatoms. The highest BCUT2D eigenvalue weighted by molar-refractivity contribution is 5.78. The van der Waals surface area contributed by atoms with Gasteiger partial charge in [-0.05, 0) is 12.1 Å². The molecule has 0 radical (unpaired) electrons. The van der Waals surface area contributed by atoms with E-state index in [9.17, 15) is 9.18 Å². The summed E-state index contributed by atoms with van der Waals surface area (Å²) >= 11 is 0. The maximum atomic E-state index is 13.9. The number of nitrogens with zero attached hydrogens (tertiary/aromatic N) is 1. The van der Waals surface area contributed by atoms with Crippen LogP contribution in [0.2, 0.25) is 0 Å². The number of nitrogens with one attached hydrogen (secondary N) is 2. The second-order valence-electron chi connectivity index (χ2n) is 5.11. The lowest BCUT2D eigenvalue weighted by atomic mass is 9.96. The highest BCUT2D eigenvalue weighted by Crippen LogP contribution is 2.35. The normalized spacial score (nSPS) is 21.9. The molecule has 2 aliphatic rings. The molecule has 4 nitrogen and oxygen atoms in total. The van der Waals surface area contributed by atoms with Crippen LogP contribution < -0.4 is 10.6 Å². The second-order valence-corrected chi connectivity index (χ2v) is 5.11. The fraction of sp³-hybridized carbons (Fsp3) is 0.500. The zero-order valence-electron chi connectivity index (χ0n) is 10.8. The monoisotopic (exact) mass is 263 g/mol. The zero-order valence-corrected chi connectivity index (χ0v) is 10.8. The molecule has 1 aromatic rings. The van der Waals surface area contributed by atoms with Crippen LogP contribution >= 0.6 is 0 Å². The van der Waals surface area contributed by atoms with Crippen molar-refractivity contribution >= 4 is 11.6 Å². The average Bonchev–Trinajstić information content (AvgIpc) is 2.84. The van der Waals surface area contributed by atoms with Crippen LogP contribution in [0.3, 0.4) is 0 Å². The van der Waals surface area contributed by atoms with Gasteiger partial charge in [0.05, 0.1) is 0 Å². The maximum absolute atomic E-state index is 13.9. The third-order valence-electron chi connectivity index (χ3n) is 3.89. The van der Waals surface area contributed by atoms with Crippen molar-refractivity contribution in [2.75, 3.05) is 38.0 Å². The van der Waals surface area contributed by atoms with Gasteiger partial charge in [-0.1, -0.05) is 6.07 Å². The Morgan fingerprint density at radius 1 is 1.37 bits per heavy atom. The molecule has 102 valence electrons. The molecule has 1 unspecified atom stereocenters. The Morgan fingerprint density at radius 2 is 2.16 bits per heavy atom. The van der Waals surface area contributed by atoms with E-state index in [1.807, 2.05) is 11.0 Å². The first-order valence-electron chi connectivity index (χ1n) is 6.76. The summed E-state index contributed by atoms with van der Waals surface area (Å²) in [5.74, 6) is -0.122. The van der Waals surface area contributed by atoms with E-state index in [1.54, 1.807) is 6.07 Å². The van der Waals surface area contributed by atoms with Gasteiger partial charge in [0.2, 0.25) is 5.91 Å². The lowest BCUT2D eigenvalue weighted by Crippen LogP contribution is -2.46. The molecule has 19 heavy (non-hydrogen) atoms. The van der Waals surface area contributed by atoms with E-state index < -0.39 is 0 Å². The Hall–Kier alpha value is -1.62. The van der Waals surface area contributed by atoms with Crippen LogP contribution in [0.1, 0.15) is 17.9 Å². The topological polar surface area (TPSA) is 44.4 Å².